The number of hydrogen-bond donors (Lipinski definition) is 2. The Morgan fingerprint density at radius 3 is 2.50 bits per heavy atom. The molecule has 0 aliphatic rings. The van der Waals surface area contributed by atoms with Gasteiger partial charge in [-0.3, -0.25) is 4.79 Å². The molecule has 100 valence electrons. The van der Waals surface area contributed by atoms with Crippen LogP contribution in [0.5, 0.6) is 0 Å². The molecule has 1 aromatic carbocycles. The summed E-state index contributed by atoms with van der Waals surface area (Å²) in [5.41, 5.74) is 0.925. The number of carbonyl (C=O) groups is 1. The van der Waals surface area contributed by atoms with Gasteiger partial charge in [-0.1, -0.05) is 19.9 Å². The summed E-state index contributed by atoms with van der Waals surface area (Å²) in [7, 11) is -3.80. The minimum atomic E-state index is -3.80. The van der Waals surface area contributed by atoms with Crippen molar-refractivity contribution in [3.05, 3.63) is 29.3 Å². The maximum atomic E-state index is 11.7. The molecular formula is C12H18N2O3S. The van der Waals surface area contributed by atoms with Crippen LogP contribution in [0.4, 0.5) is 0 Å². The summed E-state index contributed by atoms with van der Waals surface area (Å²) in [4.78, 5) is 11.8. The summed E-state index contributed by atoms with van der Waals surface area (Å²) in [5, 5.41) is 7.83. The molecule has 0 aromatic heterocycles. The summed E-state index contributed by atoms with van der Waals surface area (Å²) in [6, 6.07) is 4.57. The molecule has 0 radical (unpaired) electrons. The Bertz CT molecular complexity index is 538. The van der Waals surface area contributed by atoms with Gasteiger partial charge in [-0.05, 0) is 30.5 Å². The summed E-state index contributed by atoms with van der Waals surface area (Å²) in [5.74, 6) is -0.288. The lowest BCUT2D eigenvalue weighted by molar-refractivity contribution is 0.0953. The normalized spacial score (nSPS) is 11.3. The molecular weight excluding hydrogens is 252 g/mol. The molecule has 1 amide bonds. The van der Waals surface area contributed by atoms with Gasteiger partial charge in [-0.2, -0.15) is 0 Å². The highest BCUT2D eigenvalue weighted by Crippen LogP contribution is 2.17. The number of nitrogens with one attached hydrogen (secondary N) is 1. The van der Waals surface area contributed by atoms with Crippen molar-refractivity contribution in [3.63, 3.8) is 0 Å². The van der Waals surface area contributed by atoms with Gasteiger partial charge in [0.2, 0.25) is 10.0 Å². The monoisotopic (exact) mass is 270 g/mol. The number of primary sulfonamides is 1. The van der Waals surface area contributed by atoms with Crippen molar-refractivity contribution in [3.8, 4) is 0 Å². The number of sulfonamides is 1. The van der Waals surface area contributed by atoms with E-state index in [0.29, 0.717) is 24.1 Å². The highest BCUT2D eigenvalue weighted by molar-refractivity contribution is 7.89. The molecule has 0 aliphatic heterocycles. The van der Waals surface area contributed by atoms with Gasteiger partial charge in [0.25, 0.3) is 5.91 Å². The Kier molecular flexibility index (Phi) is 4.86. The summed E-state index contributed by atoms with van der Waals surface area (Å²) < 4.78 is 22.9. The van der Waals surface area contributed by atoms with Gasteiger partial charge in [0.15, 0.2) is 0 Å². The molecule has 0 saturated carbocycles. The first-order valence-electron chi connectivity index (χ1n) is 5.84. The molecule has 5 nitrogen and oxygen atoms in total. The lowest BCUT2D eigenvalue weighted by atomic mass is 10.1. The fourth-order valence-corrected chi connectivity index (χ4v) is 2.46. The van der Waals surface area contributed by atoms with E-state index >= 15 is 0 Å². The molecule has 0 saturated heterocycles. The number of aryl methyl sites for hydroxylation is 1. The SMILES string of the molecule is CCCNC(=O)c1ccc(CC)c(S(N)(=O)=O)c1. The maximum Gasteiger partial charge on any atom is 0.251 e. The van der Waals surface area contributed by atoms with Crippen LogP contribution in [0.2, 0.25) is 0 Å². The number of nitrogens with two attached hydrogens (primary N) is 1. The van der Waals surface area contributed by atoms with Crippen LogP contribution in [0.3, 0.4) is 0 Å². The summed E-state index contributed by atoms with van der Waals surface area (Å²) in [6.45, 7) is 4.33. The van der Waals surface area contributed by atoms with Gasteiger partial charge in [-0.15, -0.1) is 0 Å². The van der Waals surface area contributed by atoms with Crippen LogP contribution in [0.1, 0.15) is 36.2 Å². The van der Waals surface area contributed by atoms with E-state index < -0.39 is 10.0 Å². The van der Waals surface area contributed by atoms with Crippen molar-refractivity contribution in [1.29, 1.82) is 0 Å². The molecule has 0 bridgehead atoms. The minimum absolute atomic E-state index is 0.0224. The largest absolute Gasteiger partial charge is 0.352 e. The fraction of sp³-hybridized carbons (Fsp3) is 0.417. The molecule has 0 aliphatic carbocycles. The Morgan fingerprint density at radius 1 is 1.33 bits per heavy atom. The number of rotatable bonds is 5. The van der Waals surface area contributed by atoms with E-state index in [1.165, 1.54) is 6.07 Å². The second-order valence-electron chi connectivity index (χ2n) is 3.98. The van der Waals surface area contributed by atoms with Gasteiger partial charge in [-0.25, -0.2) is 13.6 Å². The predicted octanol–water partition coefficient (Wildman–Crippen LogP) is 1.04. The van der Waals surface area contributed by atoms with E-state index in [0.717, 1.165) is 6.42 Å². The number of benzene rings is 1. The van der Waals surface area contributed by atoms with Gasteiger partial charge >= 0.3 is 0 Å². The third kappa shape index (κ3) is 3.54. The van der Waals surface area contributed by atoms with Crippen LogP contribution in [-0.4, -0.2) is 20.9 Å². The third-order valence-electron chi connectivity index (χ3n) is 2.55. The summed E-state index contributed by atoms with van der Waals surface area (Å²) >= 11 is 0. The molecule has 0 fully saturated rings. The van der Waals surface area contributed by atoms with Crippen LogP contribution in [-0.2, 0) is 16.4 Å². The average Bonchev–Trinajstić information content (AvgIpc) is 2.34. The van der Waals surface area contributed by atoms with Crippen molar-refractivity contribution < 1.29 is 13.2 Å². The second-order valence-corrected chi connectivity index (χ2v) is 5.51. The Hall–Kier alpha value is -1.40. The van der Waals surface area contributed by atoms with E-state index in [-0.39, 0.29) is 10.8 Å². The minimum Gasteiger partial charge on any atom is -0.352 e. The van der Waals surface area contributed by atoms with E-state index in [2.05, 4.69) is 5.32 Å². The molecule has 0 atom stereocenters. The zero-order valence-electron chi connectivity index (χ0n) is 10.6. The first kappa shape index (κ1) is 14.7. The zero-order valence-corrected chi connectivity index (χ0v) is 11.4. The van der Waals surface area contributed by atoms with Crippen LogP contribution >= 0.6 is 0 Å². The zero-order chi connectivity index (χ0) is 13.8. The molecule has 6 heteroatoms. The Morgan fingerprint density at radius 2 is 2.00 bits per heavy atom. The van der Waals surface area contributed by atoms with Gasteiger partial charge in [0.05, 0.1) is 4.90 Å². The molecule has 1 aromatic rings. The number of hydrogen-bond acceptors (Lipinski definition) is 3. The van der Waals surface area contributed by atoms with E-state index in [1.807, 2.05) is 13.8 Å². The lowest BCUT2D eigenvalue weighted by Gasteiger charge is -2.09. The van der Waals surface area contributed by atoms with Crippen molar-refractivity contribution in [2.75, 3.05) is 6.54 Å². The first-order valence-corrected chi connectivity index (χ1v) is 7.38. The quantitative estimate of drug-likeness (QED) is 0.837. The number of carbonyl (C=O) groups excluding carboxylic acids is 1. The van der Waals surface area contributed by atoms with Crippen LogP contribution < -0.4 is 10.5 Å². The predicted molar refractivity (Wildman–Crippen MR) is 69.8 cm³/mol. The van der Waals surface area contributed by atoms with Crippen LogP contribution in [0, 0.1) is 0 Å². The van der Waals surface area contributed by atoms with Crippen molar-refractivity contribution in [1.82, 2.24) is 5.32 Å². The van der Waals surface area contributed by atoms with Crippen molar-refractivity contribution in [2.24, 2.45) is 5.14 Å². The maximum absolute atomic E-state index is 11.7. The molecule has 1 rings (SSSR count). The molecule has 0 heterocycles. The standard InChI is InChI=1S/C12H18N2O3S/c1-3-7-14-12(15)10-6-5-9(4-2)11(8-10)18(13,16)17/h5-6,8H,3-4,7H2,1-2H3,(H,14,15)(H2,13,16,17). The fourth-order valence-electron chi connectivity index (χ4n) is 1.59. The molecule has 0 spiro atoms. The van der Waals surface area contributed by atoms with Crippen LogP contribution in [0.15, 0.2) is 23.1 Å². The van der Waals surface area contributed by atoms with E-state index in [4.69, 9.17) is 5.14 Å². The number of amides is 1. The molecule has 18 heavy (non-hydrogen) atoms. The first-order chi connectivity index (χ1) is 8.40. The van der Waals surface area contributed by atoms with E-state index in [1.54, 1.807) is 12.1 Å². The highest BCUT2D eigenvalue weighted by atomic mass is 32.2. The van der Waals surface area contributed by atoms with Gasteiger partial charge in [0, 0.05) is 12.1 Å². The average molecular weight is 270 g/mol. The molecule has 3 N–H and O–H groups in total. The van der Waals surface area contributed by atoms with Gasteiger partial charge in [0.1, 0.15) is 0 Å². The third-order valence-corrected chi connectivity index (χ3v) is 3.55. The van der Waals surface area contributed by atoms with Crippen molar-refractivity contribution >= 4 is 15.9 Å². The van der Waals surface area contributed by atoms with Gasteiger partial charge < -0.3 is 5.32 Å². The van der Waals surface area contributed by atoms with E-state index in [9.17, 15) is 13.2 Å². The smallest absolute Gasteiger partial charge is 0.251 e. The lowest BCUT2D eigenvalue weighted by Crippen LogP contribution is -2.24. The Balaban J connectivity index is 3.15. The second kappa shape index (κ2) is 5.97. The Labute approximate surface area is 107 Å². The van der Waals surface area contributed by atoms with Crippen LogP contribution in [0.25, 0.3) is 0 Å². The molecule has 0 unspecified atom stereocenters. The topological polar surface area (TPSA) is 89.3 Å². The summed E-state index contributed by atoms with van der Waals surface area (Å²) in [6.07, 6.45) is 1.36. The highest BCUT2D eigenvalue weighted by Gasteiger charge is 2.16. The van der Waals surface area contributed by atoms with Crippen molar-refractivity contribution in [2.45, 2.75) is 31.6 Å².